The number of fused-ring (bicyclic) bond motifs is 1. The molecule has 0 amide bonds. The average Bonchev–Trinajstić information content (AvgIpc) is 3.31. The summed E-state index contributed by atoms with van der Waals surface area (Å²) in [5.41, 5.74) is 2.62. The molecule has 4 heterocycles. The Bertz CT molecular complexity index is 1150. The topological polar surface area (TPSA) is 57.6 Å². The predicted octanol–water partition coefficient (Wildman–Crippen LogP) is 3.18. The number of alkyl halides is 2. The molecule has 4 aromatic rings. The molecule has 0 bridgehead atoms. The number of rotatable bonds is 4. The quantitative estimate of drug-likeness (QED) is 0.550. The molecule has 0 atom stereocenters. The summed E-state index contributed by atoms with van der Waals surface area (Å²) >= 11 is 1.03. The molecule has 134 valence electrons. The van der Waals surface area contributed by atoms with Gasteiger partial charge in [-0.3, -0.25) is 13.8 Å². The Balaban J connectivity index is 1.83. The van der Waals surface area contributed by atoms with Crippen LogP contribution in [-0.4, -0.2) is 23.9 Å². The van der Waals surface area contributed by atoms with E-state index in [0.29, 0.717) is 28.1 Å². The zero-order valence-corrected chi connectivity index (χ0v) is 14.9. The molecule has 0 aliphatic rings. The van der Waals surface area contributed by atoms with E-state index in [9.17, 15) is 13.6 Å². The van der Waals surface area contributed by atoms with Gasteiger partial charge in [0.15, 0.2) is 5.65 Å². The molecule has 0 aliphatic heterocycles. The molecule has 4 aromatic heterocycles. The minimum atomic E-state index is -2.49. The van der Waals surface area contributed by atoms with Crippen LogP contribution in [0.25, 0.3) is 21.6 Å². The Hall–Kier alpha value is -2.81. The van der Waals surface area contributed by atoms with E-state index in [2.05, 4.69) is 10.1 Å². The fourth-order valence-corrected chi connectivity index (χ4v) is 3.77. The van der Waals surface area contributed by atoms with Crippen LogP contribution in [0.2, 0.25) is 0 Å². The highest BCUT2D eigenvalue weighted by Crippen LogP contribution is 2.34. The number of imidazole rings is 1. The third-order valence-electron chi connectivity index (χ3n) is 4.20. The summed E-state index contributed by atoms with van der Waals surface area (Å²) in [4.78, 5) is 17.7. The summed E-state index contributed by atoms with van der Waals surface area (Å²) in [6.45, 7) is 0.363. The zero-order valence-electron chi connectivity index (χ0n) is 14.1. The van der Waals surface area contributed by atoms with Crippen molar-refractivity contribution in [2.75, 3.05) is 0 Å². The molecule has 9 heteroatoms. The Kier molecular flexibility index (Phi) is 3.95. The molecule has 6 nitrogen and oxygen atoms in total. The van der Waals surface area contributed by atoms with Crippen molar-refractivity contribution in [3.05, 3.63) is 57.7 Å². The van der Waals surface area contributed by atoms with Crippen LogP contribution in [0.15, 0.2) is 41.6 Å². The number of hydrogen-bond donors (Lipinski definition) is 0. The highest BCUT2D eigenvalue weighted by atomic mass is 32.1. The first-order chi connectivity index (χ1) is 12.4. The van der Waals surface area contributed by atoms with Crippen molar-refractivity contribution < 1.29 is 8.78 Å². The molecule has 0 fully saturated rings. The Labute approximate surface area is 150 Å². The van der Waals surface area contributed by atoms with E-state index in [1.54, 1.807) is 34.8 Å². The first kappa shape index (κ1) is 16.6. The molecule has 0 N–H and O–H groups in total. The predicted molar refractivity (Wildman–Crippen MR) is 95.6 cm³/mol. The fourth-order valence-electron chi connectivity index (χ4n) is 2.93. The van der Waals surface area contributed by atoms with Gasteiger partial charge in [0, 0.05) is 42.5 Å². The van der Waals surface area contributed by atoms with Crippen molar-refractivity contribution in [3.8, 4) is 10.4 Å². The zero-order chi connectivity index (χ0) is 18.4. The second-order valence-electron chi connectivity index (χ2n) is 6.02. The lowest BCUT2D eigenvalue weighted by Crippen LogP contribution is -2.22. The first-order valence-electron chi connectivity index (χ1n) is 7.85. The van der Waals surface area contributed by atoms with Gasteiger partial charge in [0.05, 0.1) is 23.1 Å². The summed E-state index contributed by atoms with van der Waals surface area (Å²) in [7, 11) is 3.48. The Morgan fingerprint density at radius 1 is 1.23 bits per heavy atom. The van der Waals surface area contributed by atoms with Crippen LogP contribution < -0.4 is 5.69 Å². The molecule has 0 aromatic carbocycles. The molecule has 0 unspecified atom stereocenters. The maximum absolute atomic E-state index is 12.9. The van der Waals surface area contributed by atoms with Gasteiger partial charge in [-0.25, -0.2) is 18.6 Å². The molecule has 0 aliphatic carbocycles. The van der Waals surface area contributed by atoms with Crippen LogP contribution in [0.5, 0.6) is 0 Å². The van der Waals surface area contributed by atoms with Crippen LogP contribution >= 0.6 is 11.3 Å². The second kappa shape index (κ2) is 6.17. The summed E-state index contributed by atoms with van der Waals surface area (Å²) in [5.74, 6) is 0. The molecule has 0 saturated heterocycles. The molecule has 26 heavy (non-hydrogen) atoms. The summed E-state index contributed by atoms with van der Waals surface area (Å²) < 4.78 is 30.5. The van der Waals surface area contributed by atoms with Crippen LogP contribution in [0, 0.1) is 0 Å². The van der Waals surface area contributed by atoms with Crippen molar-refractivity contribution in [1.82, 2.24) is 23.9 Å². The van der Waals surface area contributed by atoms with Gasteiger partial charge in [0.1, 0.15) is 0 Å². The normalized spacial score (nSPS) is 11.7. The van der Waals surface area contributed by atoms with Gasteiger partial charge in [-0.1, -0.05) is 0 Å². The molecule has 0 saturated carbocycles. The van der Waals surface area contributed by atoms with E-state index in [0.717, 1.165) is 16.9 Å². The van der Waals surface area contributed by atoms with Crippen molar-refractivity contribution in [2.24, 2.45) is 14.1 Å². The van der Waals surface area contributed by atoms with Gasteiger partial charge in [0.25, 0.3) is 6.43 Å². The number of nitrogens with zero attached hydrogens (tertiary/aromatic N) is 5. The minimum Gasteiger partial charge on any atom is -0.286 e. The molecule has 0 spiro atoms. The van der Waals surface area contributed by atoms with Gasteiger partial charge in [-0.2, -0.15) is 5.10 Å². The van der Waals surface area contributed by atoms with Crippen LogP contribution in [0.3, 0.4) is 0 Å². The standard InChI is InChI=1S/C17H15F2N5OS/c1-22-8-10(6-21-22)9-24-12-5-11(7-20-16(12)23(2)17(24)25)13-3-4-14(26-13)15(18)19/h3-8,15H,9H2,1-2H3. The van der Waals surface area contributed by atoms with Gasteiger partial charge < -0.3 is 0 Å². The molecular formula is C17H15F2N5OS. The molecular weight excluding hydrogens is 360 g/mol. The summed E-state index contributed by atoms with van der Waals surface area (Å²) in [6.07, 6.45) is 2.66. The number of hydrogen-bond acceptors (Lipinski definition) is 4. The molecule has 4 rings (SSSR count). The van der Waals surface area contributed by atoms with Crippen molar-refractivity contribution in [3.63, 3.8) is 0 Å². The monoisotopic (exact) mass is 375 g/mol. The average molecular weight is 375 g/mol. The Morgan fingerprint density at radius 3 is 2.69 bits per heavy atom. The van der Waals surface area contributed by atoms with Gasteiger partial charge in [-0.15, -0.1) is 11.3 Å². The van der Waals surface area contributed by atoms with Gasteiger partial charge >= 0.3 is 5.69 Å². The van der Waals surface area contributed by atoms with Gasteiger partial charge in [0.2, 0.25) is 0 Å². The largest absolute Gasteiger partial charge is 0.330 e. The summed E-state index contributed by atoms with van der Waals surface area (Å²) in [6, 6.07) is 4.89. The fraction of sp³-hybridized carbons (Fsp3) is 0.235. The van der Waals surface area contributed by atoms with E-state index in [1.807, 2.05) is 19.3 Å². The smallest absolute Gasteiger partial charge is 0.286 e. The number of aromatic nitrogens is 5. The SMILES string of the molecule is Cn1cc(Cn2c(=O)n(C)c3ncc(-c4ccc(C(F)F)s4)cc32)cn1. The van der Waals surface area contributed by atoms with Crippen molar-refractivity contribution in [2.45, 2.75) is 13.0 Å². The van der Waals surface area contributed by atoms with E-state index >= 15 is 0 Å². The maximum Gasteiger partial charge on any atom is 0.330 e. The lowest BCUT2D eigenvalue weighted by Gasteiger charge is -2.02. The van der Waals surface area contributed by atoms with Crippen LogP contribution in [0.4, 0.5) is 8.78 Å². The van der Waals surface area contributed by atoms with Crippen molar-refractivity contribution >= 4 is 22.5 Å². The number of pyridine rings is 1. The third-order valence-corrected chi connectivity index (χ3v) is 5.34. The van der Waals surface area contributed by atoms with Crippen LogP contribution in [0.1, 0.15) is 16.9 Å². The van der Waals surface area contributed by atoms with Crippen LogP contribution in [-0.2, 0) is 20.6 Å². The third kappa shape index (κ3) is 2.74. The lowest BCUT2D eigenvalue weighted by molar-refractivity contribution is 0.155. The minimum absolute atomic E-state index is 0.0147. The number of aryl methyl sites for hydroxylation is 2. The highest BCUT2D eigenvalue weighted by Gasteiger charge is 2.16. The number of halogens is 2. The molecule has 0 radical (unpaired) electrons. The van der Waals surface area contributed by atoms with Crippen molar-refractivity contribution in [1.29, 1.82) is 0 Å². The maximum atomic E-state index is 12.9. The highest BCUT2D eigenvalue weighted by molar-refractivity contribution is 7.15. The first-order valence-corrected chi connectivity index (χ1v) is 8.66. The lowest BCUT2D eigenvalue weighted by atomic mass is 10.2. The summed E-state index contributed by atoms with van der Waals surface area (Å²) in [5, 5.41) is 4.12. The van der Waals surface area contributed by atoms with E-state index in [4.69, 9.17) is 0 Å². The number of thiophene rings is 1. The van der Waals surface area contributed by atoms with E-state index < -0.39 is 6.43 Å². The van der Waals surface area contributed by atoms with E-state index in [1.165, 1.54) is 10.6 Å². The Morgan fingerprint density at radius 2 is 2.04 bits per heavy atom. The van der Waals surface area contributed by atoms with Gasteiger partial charge in [-0.05, 0) is 18.2 Å². The second-order valence-corrected chi connectivity index (χ2v) is 7.13. The van der Waals surface area contributed by atoms with E-state index in [-0.39, 0.29) is 10.6 Å².